The molecule has 1 fully saturated rings. The van der Waals surface area contributed by atoms with Crippen molar-refractivity contribution >= 4 is 5.91 Å². The van der Waals surface area contributed by atoms with Crippen LogP contribution in [0.1, 0.15) is 31.2 Å². The van der Waals surface area contributed by atoms with Crippen LogP contribution in [0.2, 0.25) is 0 Å². The second-order valence-corrected chi connectivity index (χ2v) is 6.04. The Morgan fingerprint density at radius 2 is 2.18 bits per heavy atom. The number of hydrogen-bond donors (Lipinski definition) is 1. The molecule has 22 heavy (non-hydrogen) atoms. The minimum Gasteiger partial charge on any atom is -0.340 e. The molecule has 1 aromatic rings. The number of amides is 1. The first-order valence-electron chi connectivity index (χ1n) is 8.03. The van der Waals surface area contributed by atoms with Crippen LogP contribution in [0, 0.1) is 5.82 Å². The number of piperidine rings is 1. The fourth-order valence-corrected chi connectivity index (χ4v) is 3.05. The molecule has 1 amide bonds. The molecule has 1 aromatic carbocycles. The highest BCUT2D eigenvalue weighted by atomic mass is 19.1. The van der Waals surface area contributed by atoms with Gasteiger partial charge in [-0.2, -0.15) is 0 Å². The lowest BCUT2D eigenvalue weighted by Gasteiger charge is -2.36. The van der Waals surface area contributed by atoms with Gasteiger partial charge in [-0.25, -0.2) is 4.39 Å². The normalized spacial score (nSPS) is 19.1. The van der Waals surface area contributed by atoms with Gasteiger partial charge in [0.15, 0.2) is 0 Å². The van der Waals surface area contributed by atoms with E-state index in [0.29, 0.717) is 31.2 Å². The molecule has 5 heteroatoms. The monoisotopic (exact) mass is 307 g/mol. The number of hydrogen-bond acceptors (Lipinski definition) is 3. The van der Waals surface area contributed by atoms with E-state index in [1.165, 1.54) is 12.5 Å². The lowest BCUT2D eigenvalue weighted by Crippen LogP contribution is -2.46. The zero-order valence-electron chi connectivity index (χ0n) is 13.3. The van der Waals surface area contributed by atoms with Crippen molar-refractivity contribution in [2.75, 3.05) is 26.7 Å². The van der Waals surface area contributed by atoms with Gasteiger partial charge in [-0.1, -0.05) is 24.6 Å². The summed E-state index contributed by atoms with van der Waals surface area (Å²) in [6.07, 6.45) is 4.39. The van der Waals surface area contributed by atoms with Crippen LogP contribution in [0.5, 0.6) is 0 Å². The number of rotatable bonds is 6. The fourth-order valence-electron chi connectivity index (χ4n) is 3.05. The number of halogens is 1. The smallest absolute Gasteiger partial charge is 0.236 e. The highest BCUT2D eigenvalue weighted by molar-refractivity contribution is 5.78. The van der Waals surface area contributed by atoms with Gasteiger partial charge in [0.25, 0.3) is 0 Å². The van der Waals surface area contributed by atoms with Crippen LogP contribution >= 0.6 is 0 Å². The molecule has 4 nitrogen and oxygen atoms in total. The Kier molecular flexibility index (Phi) is 6.34. The molecular weight excluding hydrogens is 281 g/mol. The maximum absolute atomic E-state index is 13.7. The third kappa shape index (κ3) is 4.52. The number of likely N-dealkylation sites (N-methyl/N-ethyl adjacent to an activating group) is 1. The van der Waals surface area contributed by atoms with E-state index < -0.39 is 0 Å². The van der Waals surface area contributed by atoms with Crippen LogP contribution in [-0.2, 0) is 11.3 Å². The van der Waals surface area contributed by atoms with E-state index in [9.17, 15) is 9.18 Å². The van der Waals surface area contributed by atoms with Crippen LogP contribution in [0.4, 0.5) is 4.39 Å². The molecule has 1 heterocycles. The van der Waals surface area contributed by atoms with Crippen molar-refractivity contribution in [3.05, 3.63) is 35.6 Å². The topological polar surface area (TPSA) is 49.6 Å². The summed E-state index contributed by atoms with van der Waals surface area (Å²) >= 11 is 0. The van der Waals surface area contributed by atoms with Crippen LogP contribution in [0.15, 0.2) is 24.3 Å². The first-order chi connectivity index (χ1) is 10.6. The summed E-state index contributed by atoms with van der Waals surface area (Å²) in [5, 5.41) is 0. The van der Waals surface area contributed by atoms with Crippen LogP contribution in [-0.4, -0.2) is 48.4 Å². The maximum atomic E-state index is 13.7. The number of nitrogens with zero attached hydrogens (tertiary/aromatic N) is 2. The number of carbonyl (C=O) groups is 1. The predicted molar refractivity (Wildman–Crippen MR) is 85.8 cm³/mol. The molecule has 2 N–H and O–H groups in total. The lowest BCUT2D eigenvalue weighted by atomic mass is 9.99. The highest BCUT2D eigenvalue weighted by Gasteiger charge is 2.24. The molecule has 0 saturated carbocycles. The quantitative estimate of drug-likeness (QED) is 0.874. The van der Waals surface area contributed by atoms with E-state index in [0.717, 1.165) is 25.8 Å². The van der Waals surface area contributed by atoms with Crippen molar-refractivity contribution in [3.8, 4) is 0 Å². The van der Waals surface area contributed by atoms with Gasteiger partial charge in [-0.15, -0.1) is 0 Å². The molecular formula is C17H26FN3O. The fraction of sp³-hybridized carbons (Fsp3) is 0.588. The first kappa shape index (κ1) is 16.9. The molecule has 1 saturated heterocycles. The van der Waals surface area contributed by atoms with Crippen molar-refractivity contribution in [3.63, 3.8) is 0 Å². The standard InChI is InChI=1S/C17H26FN3O/c1-20(12-14-6-2-3-8-16(14)18)17(22)13-21-11-5-4-7-15(21)9-10-19/h2-3,6,8,15H,4-5,7,9-13,19H2,1H3. The SMILES string of the molecule is CN(Cc1ccccc1F)C(=O)CN1CCCCC1CCN. The summed E-state index contributed by atoms with van der Waals surface area (Å²) in [7, 11) is 1.73. The van der Waals surface area contributed by atoms with Gasteiger partial charge in [0, 0.05) is 25.2 Å². The minimum atomic E-state index is -0.263. The molecule has 0 aliphatic carbocycles. The van der Waals surface area contributed by atoms with Gasteiger partial charge in [0.2, 0.25) is 5.91 Å². The Morgan fingerprint density at radius 3 is 2.91 bits per heavy atom. The molecule has 0 spiro atoms. The largest absolute Gasteiger partial charge is 0.340 e. The van der Waals surface area contributed by atoms with E-state index in [4.69, 9.17) is 5.73 Å². The second kappa shape index (κ2) is 8.25. The molecule has 2 rings (SSSR count). The summed E-state index contributed by atoms with van der Waals surface area (Å²) < 4.78 is 13.7. The predicted octanol–water partition coefficient (Wildman–Crippen LogP) is 1.99. The first-order valence-corrected chi connectivity index (χ1v) is 8.03. The zero-order valence-corrected chi connectivity index (χ0v) is 13.3. The Bertz CT molecular complexity index is 493. The molecule has 1 aliphatic rings. The summed E-state index contributed by atoms with van der Waals surface area (Å²) in [6, 6.07) is 7.00. The number of benzene rings is 1. The third-order valence-electron chi connectivity index (χ3n) is 4.38. The van der Waals surface area contributed by atoms with Crippen molar-refractivity contribution < 1.29 is 9.18 Å². The molecule has 1 unspecified atom stereocenters. The van der Waals surface area contributed by atoms with Crippen molar-refractivity contribution in [1.82, 2.24) is 9.80 Å². The Balaban J connectivity index is 1.91. The molecule has 1 aliphatic heterocycles. The maximum Gasteiger partial charge on any atom is 0.236 e. The van der Waals surface area contributed by atoms with Gasteiger partial charge >= 0.3 is 0 Å². The van der Waals surface area contributed by atoms with Gasteiger partial charge < -0.3 is 10.6 Å². The van der Waals surface area contributed by atoms with Gasteiger partial charge in [0.05, 0.1) is 6.54 Å². The summed E-state index contributed by atoms with van der Waals surface area (Å²) in [4.78, 5) is 16.2. The van der Waals surface area contributed by atoms with Crippen molar-refractivity contribution in [2.45, 2.75) is 38.3 Å². The van der Waals surface area contributed by atoms with Crippen molar-refractivity contribution in [1.29, 1.82) is 0 Å². The van der Waals surface area contributed by atoms with Crippen LogP contribution < -0.4 is 5.73 Å². The summed E-state index contributed by atoms with van der Waals surface area (Å²) in [6.45, 7) is 2.31. The number of likely N-dealkylation sites (tertiary alicyclic amines) is 1. The molecule has 122 valence electrons. The average Bonchev–Trinajstić information content (AvgIpc) is 2.51. The van der Waals surface area contributed by atoms with Crippen LogP contribution in [0.25, 0.3) is 0 Å². The molecule has 0 bridgehead atoms. The highest BCUT2D eigenvalue weighted by Crippen LogP contribution is 2.19. The zero-order chi connectivity index (χ0) is 15.9. The van der Waals surface area contributed by atoms with E-state index in [1.54, 1.807) is 30.1 Å². The van der Waals surface area contributed by atoms with E-state index in [2.05, 4.69) is 4.90 Å². The third-order valence-corrected chi connectivity index (χ3v) is 4.38. The molecule has 1 atom stereocenters. The van der Waals surface area contributed by atoms with Gasteiger partial charge in [-0.3, -0.25) is 9.69 Å². The molecule has 0 radical (unpaired) electrons. The summed E-state index contributed by atoms with van der Waals surface area (Å²) in [5.74, 6) is -0.228. The summed E-state index contributed by atoms with van der Waals surface area (Å²) in [5.41, 5.74) is 6.22. The van der Waals surface area contributed by atoms with E-state index in [-0.39, 0.29) is 11.7 Å². The van der Waals surface area contributed by atoms with Gasteiger partial charge in [-0.05, 0) is 38.4 Å². The Labute approximate surface area is 132 Å². The Morgan fingerprint density at radius 1 is 1.41 bits per heavy atom. The minimum absolute atomic E-state index is 0.0344. The van der Waals surface area contributed by atoms with Crippen LogP contribution in [0.3, 0.4) is 0 Å². The number of nitrogens with two attached hydrogens (primary N) is 1. The second-order valence-electron chi connectivity index (χ2n) is 6.04. The number of carbonyl (C=O) groups excluding carboxylic acids is 1. The van der Waals surface area contributed by atoms with Crippen molar-refractivity contribution in [2.24, 2.45) is 5.73 Å². The lowest BCUT2D eigenvalue weighted by molar-refractivity contribution is -0.132. The van der Waals surface area contributed by atoms with E-state index >= 15 is 0 Å². The average molecular weight is 307 g/mol. The molecule has 0 aromatic heterocycles. The van der Waals surface area contributed by atoms with E-state index in [1.807, 2.05) is 0 Å². The van der Waals surface area contributed by atoms with Gasteiger partial charge in [0.1, 0.15) is 5.82 Å². The Hall–Kier alpha value is -1.46.